The van der Waals surface area contributed by atoms with E-state index in [0.29, 0.717) is 28.9 Å². The summed E-state index contributed by atoms with van der Waals surface area (Å²) in [6.07, 6.45) is 7.78. The van der Waals surface area contributed by atoms with Crippen molar-refractivity contribution in [2.45, 2.75) is 65.7 Å². The molecule has 4 saturated carbocycles. The van der Waals surface area contributed by atoms with Gasteiger partial charge in [0.2, 0.25) is 5.91 Å². The van der Waals surface area contributed by atoms with E-state index >= 15 is 0 Å². The average molecular weight is 369 g/mol. The third-order valence-electron chi connectivity index (χ3n) is 7.03. The molecule has 4 bridgehead atoms. The largest absolute Gasteiger partial charge is 0.352 e. The molecule has 1 aromatic carbocycles. The monoisotopic (exact) mass is 368 g/mol. The molecule has 5 rings (SSSR count). The fraction of sp³-hybridized carbons (Fsp3) is 0.652. The highest BCUT2D eigenvalue weighted by Gasteiger charge is 2.62. The summed E-state index contributed by atoms with van der Waals surface area (Å²) in [6, 6.07) is 7.33. The van der Waals surface area contributed by atoms with Crippen LogP contribution >= 0.6 is 0 Å². The second-order valence-corrected chi connectivity index (χ2v) is 10.2. The van der Waals surface area contributed by atoms with Gasteiger partial charge in [0.15, 0.2) is 0 Å². The van der Waals surface area contributed by atoms with Gasteiger partial charge < -0.3 is 10.6 Å². The Morgan fingerprint density at radius 1 is 1.07 bits per heavy atom. The first-order chi connectivity index (χ1) is 12.7. The number of nitrogens with one attached hydrogen (secondary N) is 2. The summed E-state index contributed by atoms with van der Waals surface area (Å²) < 4.78 is 0. The Hall–Kier alpha value is -1.84. The van der Waals surface area contributed by atoms with Crippen LogP contribution in [0, 0.1) is 22.2 Å². The quantitative estimate of drug-likeness (QED) is 0.787. The van der Waals surface area contributed by atoms with Gasteiger partial charge in [-0.1, -0.05) is 26.8 Å². The Morgan fingerprint density at radius 2 is 1.78 bits per heavy atom. The van der Waals surface area contributed by atoms with Crippen LogP contribution in [0.5, 0.6) is 0 Å². The summed E-state index contributed by atoms with van der Waals surface area (Å²) in [7, 11) is 0. The van der Waals surface area contributed by atoms with Crippen molar-refractivity contribution in [1.29, 1.82) is 0 Å². The third kappa shape index (κ3) is 3.39. The molecule has 0 aliphatic heterocycles. The standard InChI is InChI=1S/C23H32N2O2/c1-4-8-24-19(26)17-6-5-7-18(9-17)25-20(27)23-12-16-10-21(2,14-23)13-22(3,11-16)15-23/h5-7,9,16H,4,8,10-15H2,1-3H3,(H,24,26)(H,25,27). The van der Waals surface area contributed by atoms with Crippen LogP contribution < -0.4 is 10.6 Å². The molecule has 0 aromatic heterocycles. The predicted molar refractivity (Wildman–Crippen MR) is 108 cm³/mol. The molecule has 4 heteroatoms. The molecule has 0 spiro atoms. The lowest BCUT2D eigenvalue weighted by molar-refractivity contribution is -0.165. The van der Waals surface area contributed by atoms with Crippen molar-refractivity contribution in [2.24, 2.45) is 22.2 Å². The van der Waals surface area contributed by atoms with Crippen molar-refractivity contribution in [3.05, 3.63) is 29.8 Å². The number of carbonyl (C=O) groups excluding carboxylic acids is 2. The predicted octanol–water partition coefficient (Wildman–Crippen LogP) is 4.76. The van der Waals surface area contributed by atoms with Crippen LogP contribution in [0.4, 0.5) is 5.69 Å². The van der Waals surface area contributed by atoms with E-state index in [1.54, 1.807) is 12.1 Å². The van der Waals surface area contributed by atoms with Gasteiger partial charge in [-0.2, -0.15) is 0 Å². The highest BCUT2D eigenvalue weighted by atomic mass is 16.2. The topological polar surface area (TPSA) is 58.2 Å². The molecule has 2 atom stereocenters. The summed E-state index contributed by atoms with van der Waals surface area (Å²) in [6.45, 7) is 7.47. The van der Waals surface area contributed by atoms with Crippen molar-refractivity contribution in [3.63, 3.8) is 0 Å². The van der Waals surface area contributed by atoms with Gasteiger partial charge >= 0.3 is 0 Å². The van der Waals surface area contributed by atoms with Crippen LogP contribution in [0.3, 0.4) is 0 Å². The molecule has 146 valence electrons. The van der Waals surface area contributed by atoms with Crippen LogP contribution in [0.25, 0.3) is 0 Å². The number of amides is 2. The maximum atomic E-state index is 13.4. The van der Waals surface area contributed by atoms with E-state index in [1.807, 2.05) is 19.1 Å². The van der Waals surface area contributed by atoms with Gasteiger partial charge in [0.25, 0.3) is 5.91 Å². The molecular formula is C23H32N2O2. The van der Waals surface area contributed by atoms with E-state index in [1.165, 1.54) is 19.3 Å². The molecule has 2 amide bonds. The zero-order chi connectivity index (χ0) is 19.3. The Bertz CT molecular complexity index is 753. The van der Waals surface area contributed by atoms with E-state index < -0.39 is 0 Å². The number of carbonyl (C=O) groups is 2. The highest BCUT2D eigenvalue weighted by molar-refractivity contribution is 5.99. The molecular weight excluding hydrogens is 336 g/mol. The second-order valence-electron chi connectivity index (χ2n) is 10.2. The first-order valence-electron chi connectivity index (χ1n) is 10.4. The molecule has 4 aliphatic carbocycles. The zero-order valence-electron chi connectivity index (χ0n) is 16.9. The van der Waals surface area contributed by atoms with E-state index in [2.05, 4.69) is 24.5 Å². The summed E-state index contributed by atoms with van der Waals surface area (Å²) in [5.41, 5.74) is 1.73. The molecule has 0 radical (unpaired) electrons. The Labute approximate surface area is 162 Å². The molecule has 27 heavy (non-hydrogen) atoms. The average Bonchev–Trinajstić information content (AvgIpc) is 2.56. The zero-order valence-corrected chi connectivity index (χ0v) is 16.9. The van der Waals surface area contributed by atoms with Gasteiger partial charge in [0.05, 0.1) is 5.41 Å². The minimum Gasteiger partial charge on any atom is -0.352 e. The fourth-order valence-electron chi connectivity index (χ4n) is 7.04. The van der Waals surface area contributed by atoms with Crippen LogP contribution in [0.1, 0.15) is 76.1 Å². The minimum absolute atomic E-state index is 0.0808. The number of anilines is 1. The molecule has 1 aromatic rings. The molecule has 4 nitrogen and oxygen atoms in total. The van der Waals surface area contributed by atoms with Gasteiger partial charge in [-0.15, -0.1) is 0 Å². The summed E-state index contributed by atoms with van der Waals surface area (Å²) in [4.78, 5) is 25.6. The van der Waals surface area contributed by atoms with E-state index in [0.717, 1.165) is 31.4 Å². The Kier molecular flexibility index (Phi) is 4.36. The SMILES string of the molecule is CCCNC(=O)c1cccc(NC(=O)C23CC4CC(C)(CC(C)(C4)C2)C3)c1. The maximum absolute atomic E-state index is 13.4. The lowest BCUT2D eigenvalue weighted by Gasteiger charge is -2.64. The lowest BCUT2D eigenvalue weighted by atomic mass is 9.40. The van der Waals surface area contributed by atoms with Crippen molar-refractivity contribution in [2.75, 3.05) is 11.9 Å². The molecule has 2 N–H and O–H groups in total. The first kappa shape index (κ1) is 18.5. The third-order valence-corrected chi connectivity index (χ3v) is 7.03. The maximum Gasteiger partial charge on any atom is 0.251 e. The second kappa shape index (κ2) is 6.35. The van der Waals surface area contributed by atoms with Gasteiger partial charge in [-0.3, -0.25) is 9.59 Å². The van der Waals surface area contributed by atoms with Crippen molar-refractivity contribution in [1.82, 2.24) is 5.32 Å². The van der Waals surface area contributed by atoms with Crippen LogP contribution in [-0.2, 0) is 4.79 Å². The summed E-state index contributed by atoms with van der Waals surface area (Å²) >= 11 is 0. The molecule has 2 unspecified atom stereocenters. The van der Waals surface area contributed by atoms with E-state index in [9.17, 15) is 9.59 Å². The van der Waals surface area contributed by atoms with Gasteiger partial charge in [0, 0.05) is 17.8 Å². The molecule has 0 heterocycles. The van der Waals surface area contributed by atoms with Crippen molar-refractivity contribution in [3.8, 4) is 0 Å². The summed E-state index contributed by atoms with van der Waals surface area (Å²) in [5, 5.41) is 6.06. The van der Waals surface area contributed by atoms with E-state index in [-0.39, 0.29) is 17.2 Å². The molecule has 4 fully saturated rings. The van der Waals surface area contributed by atoms with Gasteiger partial charge in [-0.05, 0) is 79.9 Å². The Morgan fingerprint density at radius 3 is 2.41 bits per heavy atom. The number of rotatable bonds is 5. The number of hydrogen-bond donors (Lipinski definition) is 2. The van der Waals surface area contributed by atoms with Crippen molar-refractivity contribution >= 4 is 17.5 Å². The highest BCUT2D eigenvalue weighted by Crippen LogP contribution is 2.69. The smallest absolute Gasteiger partial charge is 0.251 e. The van der Waals surface area contributed by atoms with Gasteiger partial charge in [-0.25, -0.2) is 0 Å². The van der Waals surface area contributed by atoms with Gasteiger partial charge in [0.1, 0.15) is 0 Å². The van der Waals surface area contributed by atoms with Crippen LogP contribution in [-0.4, -0.2) is 18.4 Å². The lowest BCUT2D eigenvalue weighted by Crippen LogP contribution is -2.58. The first-order valence-corrected chi connectivity index (χ1v) is 10.4. The van der Waals surface area contributed by atoms with Crippen LogP contribution in [0.15, 0.2) is 24.3 Å². The minimum atomic E-state index is -0.233. The molecule has 4 aliphatic rings. The summed E-state index contributed by atoms with van der Waals surface area (Å²) in [5.74, 6) is 0.770. The van der Waals surface area contributed by atoms with Crippen LogP contribution in [0.2, 0.25) is 0 Å². The van der Waals surface area contributed by atoms with E-state index in [4.69, 9.17) is 0 Å². The van der Waals surface area contributed by atoms with Crippen molar-refractivity contribution < 1.29 is 9.59 Å². The number of benzene rings is 1. The Balaban J connectivity index is 1.52. The number of hydrogen-bond acceptors (Lipinski definition) is 2. The fourth-order valence-corrected chi connectivity index (χ4v) is 7.04. The molecule has 0 saturated heterocycles. The normalized spacial score (nSPS) is 36.5.